The van der Waals surface area contributed by atoms with Gasteiger partial charge >= 0.3 is 12.0 Å². The van der Waals surface area contributed by atoms with Crippen LogP contribution in [0.25, 0.3) is 0 Å². The van der Waals surface area contributed by atoms with Gasteiger partial charge in [-0.25, -0.2) is 14.0 Å². The van der Waals surface area contributed by atoms with Gasteiger partial charge in [-0.3, -0.25) is 0 Å². The molecule has 0 radical (unpaired) electrons. The molecule has 20 heavy (non-hydrogen) atoms. The van der Waals surface area contributed by atoms with E-state index in [0.717, 1.165) is 0 Å². The number of hydrogen-bond acceptors (Lipinski definition) is 3. The molecule has 110 valence electrons. The van der Waals surface area contributed by atoms with Crippen molar-refractivity contribution in [1.82, 2.24) is 10.6 Å². The zero-order chi connectivity index (χ0) is 15.1. The van der Waals surface area contributed by atoms with E-state index in [1.54, 1.807) is 0 Å². The fraction of sp³-hybridized carbons (Fsp3) is 0.333. The molecule has 1 aromatic carbocycles. The van der Waals surface area contributed by atoms with Crippen LogP contribution in [0.15, 0.2) is 18.2 Å². The molecular formula is C12H14ClFN2O4. The number of nitrogens with one attached hydrogen (secondary N) is 2. The fourth-order valence-electron chi connectivity index (χ4n) is 1.38. The number of benzene rings is 1. The van der Waals surface area contributed by atoms with Crippen molar-refractivity contribution in [2.75, 3.05) is 13.7 Å². The number of halogens is 2. The number of carboxylic acid groups (broad SMARTS) is 1. The number of rotatable bonds is 6. The van der Waals surface area contributed by atoms with Crippen molar-refractivity contribution in [2.24, 2.45) is 0 Å². The number of hydrogen-bond donors (Lipinski definition) is 3. The summed E-state index contributed by atoms with van der Waals surface area (Å²) < 4.78 is 17.6. The van der Waals surface area contributed by atoms with E-state index in [2.05, 4.69) is 15.4 Å². The van der Waals surface area contributed by atoms with Gasteiger partial charge in [0.15, 0.2) is 6.04 Å². The Hall–Kier alpha value is -1.86. The zero-order valence-corrected chi connectivity index (χ0v) is 11.4. The Kier molecular flexibility index (Phi) is 6.20. The molecule has 0 aliphatic rings. The Bertz CT molecular complexity index is 498. The van der Waals surface area contributed by atoms with E-state index in [0.29, 0.717) is 5.56 Å². The van der Waals surface area contributed by atoms with Crippen LogP contribution in [0.1, 0.15) is 5.56 Å². The molecule has 0 saturated carbocycles. The Morgan fingerprint density at radius 1 is 1.50 bits per heavy atom. The van der Waals surface area contributed by atoms with Crippen molar-refractivity contribution in [3.05, 3.63) is 34.6 Å². The summed E-state index contributed by atoms with van der Waals surface area (Å²) in [5.41, 5.74) is 0.588. The van der Waals surface area contributed by atoms with Gasteiger partial charge in [-0.1, -0.05) is 17.7 Å². The van der Waals surface area contributed by atoms with Crippen LogP contribution in [-0.2, 0) is 16.1 Å². The maximum atomic E-state index is 12.9. The highest BCUT2D eigenvalue weighted by Crippen LogP contribution is 2.15. The first kappa shape index (κ1) is 16.2. The molecule has 1 atom stereocenters. The lowest BCUT2D eigenvalue weighted by Crippen LogP contribution is -2.48. The quantitative estimate of drug-likeness (QED) is 0.741. The van der Waals surface area contributed by atoms with Gasteiger partial charge in [-0.2, -0.15) is 0 Å². The van der Waals surface area contributed by atoms with E-state index in [9.17, 15) is 14.0 Å². The molecule has 3 N–H and O–H groups in total. The molecule has 6 nitrogen and oxygen atoms in total. The molecule has 0 bridgehead atoms. The lowest BCUT2D eigenvalue weighted by atomic mass is 10.2. The number of carbonyl (C=O) groups is 2. The maximum Gasteiger partial charge on any atom is 0.328 e. The Balaban J connectivity index is 2.50. The zero-order valence-electron chi connectivity index (χ0n) is 10.7. The molecule has 0 aliphatic carbocycles. The summed E-state index contributed by atoms with van der Waals surface area (Å²) >= 11 is 5.60. The number of ether oxygens (including phenoxy) is 1. The number of carboxylic acids is 1. The largest absolute Gasteiger partial charge is 0.480 e. The normalized spacial score (nSPS) is 11.8. The van der Waals surface area contributed by atoms with Crippen LogP contribution in [0.3, 0.4) is 0 Å². The van der Waals surface area contributed by atoms with Crippen molar-refractivity contribution < 1.29 is 23.8 Å². The summed E-state index contributed by atoms with van der Waals surface area (Å²) in [6.45, 7) is -0.0592. The highest BCUT2D eigenvalue weighted by atomic mass is 35.5. The molecule has 0 aliphatic heterocycles. The molecule has 0 saturated heterocycles. The Morgan fingerprint density at radius 3 is 2.75 bits per heavy atom. The first-order valence-corrected chi connectivity index (χ1v) is 6.02. The summed E-state index contributed by atoms with van der Waals surface area (Å²) in [6.07, 6.45) is 0. The van der Waals surface area contributed by atoms with Gasteiger partial charge in [-0.05, 0) is 17.7 Å². The Morgan fingerprint density at radius 2 is 2.20 bits per heavy atom. The maximum absolute atomic E-state index is 12.9. The molecule has 0 fully saturated rings. The van der Waals surface area contributed by atoms with Crippen LogP contribution in [0, 0.1) is 5.82 Å². The molecule has 0 heterocycles. The van der Waals surface area contributed by atoms with Gasteiger partial charge in [0.05, 0.1) is 11.6 Å². The molecular weight excluding hydrogens is 291 g/mol. The smallest absolute Gasteiger partial charge is 0.328 e. The number of urea groups is 1. The van der Waals surface area contributed by atoms with Gasteiger partial charge in [0, 0.05) is 13.7 Å². The summed E-state index contributed by atoms with van der Waals surface area (Å²) in [7, 11) is 1.33. The van der Waals surface area contributed by atoms with E-state index < -0.39 is 23.9 Å². The number of methoxy groups -OCH3 is 1. The summed E-state index contributed by atoms with van der Waals surface area (Å²) in [5.74, 6) is -1.75. The summed E-state index contributed by atoms with van der Waals surface area (Å²) in [4.78, 5) is 22.3. The second kappa shape index (κ2) is 7.66. The van der Waals surface area contributed by atoms with Crippen molar-refractivity contribution in [3.63, 3.8) is 0 Å². The lowest BCUT2D eigenvalue weighted by molar-refractivity contribution is -0.140. The van der Waals surface area contributed by atoms with E-state index >= 15 is 0 Å². The van der Waals surface area contributed by atoms with Crippen molar-refractivity contribution in [3.8, 4) is 0 Å². The topological polar surface area (TPSA) is 87.7 Å². The second-order valence-corrected chi connectivity index (χ2v) is 4.33. The molecule has 1 rings (SSSR count). The van der Waals surface area contributed by atoms with Crippen molar-refractivity contribution >= 4 is 23.6 Å². The molecule has 2 amide bonds. The first-order chi connectivity index (χ1) is 9.43. The van der Waals surface area contributed by atoms with Gasteiger partial charge in [0.1, 0.15) is 5.82 Å². The van der Waals surface area contributed by atoms with Gasteiger partial charge in [0.2, 0.25) is 0 Å². The van der Waals surface area contributed by atoms with Crippen LogP contribution >= 0.6 is 11.6 Å². The Labute approximate surface area is 119 Å². The number of aliphatic carboxylic acids is 1. The van der Waals surface area contributed by atoms with Crippen LogP contribution in [0.4, 0.5) is 9.18 Å². The molecule has 8 heteroatoms. The lowest BCUT2D eigenvalue weighted by Gasteiger charge is -2.14. The minimum Gasteiger partial charge on any atom is -0.480 e. The average Bonchev–Trinajstić information content (AvgIpc) is 2.39. The highest BCUT2D eigenvalue weighted by molar-refractivity contribution is 6.30. The monoisotopic (exact) mass is 304 g/mol. The SMILES string of the molecule is COCC(NC(=O)NCc1ccc(F)c(Cl)c1)C(=O)O. The number of carbonyl (C=O) groups excluding carboxylic acids is 1. The fourth-order valence-corrected chi connectivity index (χ4v) is 1.59. The van der Waals surface area contributed by atoms with Crippen LogP contribution in [0.2, 0.25) is 5.02 Å². The van der Waals surface area contributed by atoms with Gasteiger partial charge < -0.3 is 20.5 Å². The minimum atomic E-state index is -1.20. The molecule has 1 unspecified atom stereocenters. The van der Waals surface area contributed by atoms with Crippen LogP contribution in [0.5, 0.6) is 0 Å². The number of amides is 2. The summed E-state index contributed by atoms with van der Waals surface area (Å²) in [6, 6.07) is 2.21. The first-order valence-electron chi connectivity index (χ1n) is 5.64. The van der Waals surface area contributed by atoms with E-state index in [1.807, 2.05) is 0 Å². The molecule has 1 aromatic rings. The molecule has 0 aromatic heterocycles. The van der Waals surface area contributed by atoms with Crippen LogP contribution < -0.4 is 10.6 Å². The van der Waals surface area contributed by atoms with Crippen molar-refractivity contribution in [1.29, 1.82) is 0 Å². The molecule has 0 spiro atoms. The highest BCUT2D eigenvalue weighted by Gasteiger charge is 2.19. The van der Waals surface area contributed by atoms with Gasteiger partial charge in [-0.15, -0.1) is 0 Å². The van der Waals surface area contributed by atoms with E-state index in [1.165, 1.54) is 25.3 Å². The van der Waals surface area contributed by atoms with Crippen molar-refractivity contribution in [2.45, 2.75) is 12.6 Å². The summed E-state index contributed by atoms with van der Waals surface area (Å²) in [5, 5.41) is 13.4. The minimum absolute atomic E-state index is 0.0486. The second-order valence-electron chi connectivity index (χ2n) is 3.92. The third-order valence-corrected chi connectivity index (χ3v) is 2.66. The predicted octanol–water partition coefficient (Wildman–Crippen LogP) is 1.38. The van der Waals surface area contributed by atoms with Crippen LogP contribution in [-0.4, -0.2) is 36.9 Å². The average molecular weight is 305 g/mol. The third kappa shape index (κ3) is 5.02. The third-order valence-electron chi connectivity index (χ3n) is 2.37. The van der Waals surface area contributed by atoms with Gasteiger partial charge in [0.25, 0.3) is 0 Å². The predicted molar refractivity (Wildman–Crippen MR) is 70.1 cm³/mol. The van der Waals surface area contributed by atoms with E-state index in [4.69, 9.17) is 16.7 Å². The standard InChI is InChI=1S/C12H14ClFN2O4/c1-20-6-10(11(17)18)16-12(19)15-5-7-2-3-9(14)8(13)4-7/h2-4,10H,5-6H2,1H3,(H,17,18)(H2,15,16,19). The van der Waals surface area contributed by atoms with E-state index in [-0.39, 0.29) is 18.2 Å².